The van der Waals surface area contributed by atoms with Crippen molar-refractivity contribution in [2.24, 2.45) is 0 Å². The Hall–Kier alpha value is -5.13. The molecule has 3 heterocycles. The zero-order valence-corrected chi connectivity index (χ0v) is 25.5. The van der Waals surface area contributed by atoms with E-state index in [-0.39, 0.29) is 6.17 Å². The van der Waals surface area contributed by atoms with Gasteiger partial charge in [0.2, 0.25) is 0 Å². The number of dihydropyridines is 1. The van der Waals surface area contributed by atoms with Crippen molar-refractivity contribution in [3.05, 3.63) is 173 Å². The summed E-state index contributed by atoms with van der Waals surface area (Å²) in [4.78, 5) is 6.68. The minimum absolute atomic E-state index is 0.0513. The molecule has 0 amide bonds. The van der Waals surface area contributed by atoms with Gasteiger partial charge in [-0.25, -0.2) is 0 Å². The van der Waals surface area contributed by atoms with E-state index in [0.29, 0.717) is 0 Å². The summed E-state index contributed by atoms with van der Waals surface area (Å²) < 4.78 is 1.04. The Balaban J connectivity index is 1.13. The van der Waals surface area contributed by atoms with Crippen molar-refractivity contribution >= 4 is 38.0 Å². The number of fused-ring (bicyclic) bond motifs is 1. The highest BCUT2D eigenvalue weighted by Gasteiger charge is 2.34. The van der Waals surface area contributed by atoms with Crippen LogP contribution in [-0.2, 0) is 0 Å². The molecule has 2 aliphatic rings. The van der Waals surface area contributed by atoms with Crippen LogP contribution >= 0.6 is 15.9 Å². The molecule has 0 radical (unpaired) electrons. The highest BCUT2D eigenvalue weighted by molar-refractivity contribution is 9.10. The zero-order valence-electron chi connectivity index (χ0n) is 23.9. The van der Waals surface area contributed by atoms with Crippen LogP contribution in [0.15, 0.2) is 162 Å². The van der Waals surface area contributed by atoms with Gasteiger partial charge in [-0.2, -0.15) is 0 Å². The molecule has 1 atom stereocenters. The number of halogens is 1. The van der Waals surface area contributed by atoms with Crippen LogP contribution in [0, 0.1) is 0 Å². The number of aromatic nitrogens is 1. The Labute approximate surface area is 265 Å². The molecule has 0 fully saturated rings. The predicted octanol–water partition coefficient (Wildman–Crippen LogP) is 9.30. The molecule has 0 spiro atoms. The standard InChI is InChI=1S/C39H29BrN4/c40-35-21-32(20-33(22-35)31-9-6-18-41-24-31)27-12-15-28(16-13-27)38-43-37-23-34(30-17-14-26-7-4-5-8-29(26)19-30)25-42-39(37)44(38)36-10-2-1-3-11-36/h1-24,38,42-43H,25H2. The van der Waals surface area contributed by atoms with Crippen molar-refractivity contribution < 1.29 is 0 Å². The number of allylic oxidation sites excluding steroid dienone is 1. The number of hydrogen-bond acceptors (Lipinski definition) is 4. The van der Waals surface area contributed by atoms with Crippen LogP contribution < -0.4 is 15.5 Å². The minimum Gasteiger partial charge on any atom is -0.366 e. The topological polar surface area (TPSA) is 40.2 Å². The molecular formula is C39H29BrN4. The van der Waals surface area contributed by atoms with Crippen LogP contribution in [0.3, 0.4) is 0 Å². The number of pyridine rings is 1. The number of para-hydroxylation sites is 1. The fraction of sp³-hybridized carbons (Fsp3) is 0.0513. The number of nitrogens with one attached hydrogen (secondary N) is 2. The maximum absolute atomic E-state index is 4.31. The predicted molar refractivity (Wildman–Crippen MR) is 185 cm³/mol. The molecule has 0 saturated carbocycles. The fourth-order valence-corrected chi connectivity index (χ4v) is 6.71. The summed E-state index contributed by atoms with van der Waals surface area (Å²) in [7, 11) is 0. The van der Waals surface area contributed by atoms with E-state index >= 15 is 0 Å². The molecule has 0 bridgehead atoms. The van der Waals surface area contributed by atoms with Gasteiger partial charge in [-0.1, -0.05) is 101 Å². The number of hydrogen-bond donors (Lipinski definition) is 2. The van der Waals surface area contributed by atoms with Crippen LogP contribution in [0.25, 0.3) is 38.6 Å². The van der Waals surface area contributed by atoms with Gasteiger partial charge >= 0.3 is 0 Å². The van der Waals surface area contributed by atoms with E-state index < -0.39 is 0 Å². The van der Waals surface area contributed by atoms with E-state index in [1.54, 1.807) is 6.20 Å². The summed E-state index contributed by atoms with van der Waals surface area (Å²) in [5.74, 6) is 1.10. The zero-order chi connectivity index (χ0) is 29.5. The third-order valence-electron chi connectivity index (χ3n) is 8.42. The molecule has 1 unspecified atom stereocenters. The van der Waals surface area contributed by atoms with Gasteiger partial charge in [0, 0.05) is 34.7 Å². The van der Waals surface area contributed by atoms with E-state index in [2.05, 4.69) is 164 Å². The molecule has 0 saturated heterocycles. The van der Waals surface area contributed by atoms with Gasteiger partial charge in [-0.3, -0.25) is 4.98 Å². The largest absolute Gasteiger partial charge is 0.366 e. The molecule has 4 nitrogen and oxygen atoms in total. The number of benzene rings is 5. The maximum Gasteiger partial charge on any atom is 0.132 e. The number of anilines is 1. The smallest absolute Gasteiger partial charge is 0.132 e. The van der Waals surface area contributed by atoms with E-state index in [9.17, 15) is 0 Å². The lowest BCUT2D eigenvalue weighted by molar-refractivity contribution is 0.642. The van der Waals surface area contributed by atoms with E-state index in [0.717, 1.165) is 44.9 Å². The maximum atomic E-state index is 4.31. The van der Waals surface area contributed by atoms with Gasteiger partial charge in [-0.15, -0.1) is 0 Å². The average Bonchev–Trinajstić information content (AvgIpc) is 3.47. The Morgan fingerprint density at radius 1 is 0.659 bits per heavy atom. The first-order chi connectivity index (χ1) is 21.7. The van der Waals surface area contributed by atoms with Gasteiger partial charge in [0.25, 0.3) is 0 Å². The molecular weight excluding hydrogens is 604 g/mol. The summed E-state index contributed by atoms with van der Waals surface area (Å²) in [5.41, 5.74) is 10.5. The second kappa shape index (κ2) is 11.2. The second-order valence-electron chi connectivity index (χ2n) is 11.2. The molecule has 8 rings (SSSR count). The van der Waals surface area contributed by atoms with Crippen molar-refractivity contribution in [2.75, 3.05) is 11.4 Å². The molecule has 44 heavy (non-hydrogen) atoms. The Kier molecular flexibility index (Phi) is 6.73. The first-order valence-corrected chi connectivity index (χ1v) is 15.6. The molecule has 2 N–H and O–H groups in total. The minimum atomic E-state index is -0.0513. The molecule has 6 aromatic rings. The fourth-order valence-electron chi connectivity index (χ4n) is 6.22. The Morgan fingerprint density at radius 2 is 1.41 bits per heavy atom. The lowest BCUT2D eigenvalue weighted by atomic mass is 9.98. The van der Waals surface area contributed by atoms with Gasteiger partial charge < -0.3 is 15.5 Å². The van der Waals surface area contributed by atoms with Crippen LogP contribution in [0.5, 0.6) is 0 Å². The van der Waals surface area contributed by atoms with E-state index in [1.165, 1.54) is 33.0 Å². The van der Waals surface area contributed by atoms with Crippen molar-refractivity contribution in [2.45, 2.75) is 6.17 Å². The quantitative estimate of drug-likeness (QED) is 0.199. The Morgan fingerprint density at radius 3 is 2.20 bits per heavy atom. The van der Waals surface area contributed by atoms with Crippen molar-refractivity contribution in [1.82, 2.24) is 15.6 Å². The SMILES string of the molecule is Brc1cc(-c2ccc(C3NC4=C(NCC(c5ccc6ccccc6c5)=C4)N3c3ccccc3)cc2)cc(-c2cccnc2)c1. The summed E-state index contributed by atoms with van der Waals surface area (Å²) in [5, 5.41) is 10.1. The first-order valence-electron chi connectivity index (χ1n) is 14.8. The number of rotatable bonds is 5. The lowest BCUT2D eigenvalue weighted by Gasteiger charge is -2.30. The highest BCUT2D eigenvalue weighted by atomic mass is 79.9. The summed E-state index contributed by atoms with van der Waals surface area (Å²) in [6, 6.07) is 45.4. The molecule has 5 aromatic carbocycles. The van der Waals surface area contributed by atoms with E-state index in [4.69, 9.17) is 0 Å². The van der Waals surface area contributed by atoms with Crippen LogP contribution in [0.4, 0.5) is 5.69 Å². The average molecular weight is 634 g/mol. The highest BCUT2D eigenvalue weighted by Crippen LogP contribution is 2.39. The van der Waals surface area contributed by atoms with Crippen molar-refractivity contribution in [1.29, 1.82) is 0 Å². The lowest BCUT2D eigenvalue weighted by Crippen LogP contribution is -2.34. The van der Waals surface area contributed by atoms with Gasteiger partial charge in [0.05, 0.1) is 5.70 Å². The summed E-state index contributed by atoms with van der Waals surface area (Å²) in [6.45, 7) is 0.760. The second-order valence-corrected chi connectivity index (χ2v) is 12.1. The molecule has 0 aliphatic carbocycles. The van der Waals surface area contributed by atoms with Gasteiger partial charge in [0.15, 0.2) is 0 Å². The molecule has 1 aromatic heterocycles. The molecule has 2 aliphatic heterocycles. The van der Waals surface area contributed by atoms with Crippen LogP contribution in [0.2, 0.25) is 0 Å². The summed E-state index contributed by atoms with van der Waals surface area (Å²) >= 11 is 3.72. The first kappa shape index (κ1) is 26.5. The Bertz CT molecular complexity index is 2050. The van der Waals surface area contributed by atoms with Crippen molar-refractivity contribution in [3.63, 3.8) is 0 Å². The van der Waals surface area contributed by atoms with Crippen LogP contribution in [0.1, 0.15) is 17.3 Å². The normalized spacial score (nSPS) is 15.9. The number of nitrogens with zero attached hydrogens (tertiary/aromatic N) is 2. The third-order valence-corrected chi connectivity index (χ3v) is 8.88. The van der Waals surface area contributed by atoms with E-state index in [1.807, 2.05) is 12.3 Å². The van der Waals surface area contributed by atoms with Gasteiger partial charge in [0.1, 0.15) is 12.0 Å². The molecule has 212 valence electrons. The van der Waals surface area contributed by atoms with Gasteiger partial charge in [-0.05, 0) is 92.7 Å². The van der Waals surface area contributed by atoms with Crippen LogP contribution in [-0.4, -0.2) is 11.5 Å². The van der Waals surface area contributed by atoms with Crippen molar-refractivity contribution in [3.8, 4) is 22.3 Å². The monoisotopic (exact) mass is 632 g/mol. The third kappa shape index (κ3) is 4.95. The molecule has 5 heteroatoms. The summed E-state index contributed by atoms with van der Waals surface area (Å²) in [6.07, 6.45) is 5.96.